The van der Waals surface area contributed by atoms with Gasteiger partial charge in [0, 0.05) is 5.56 Å². The molecule has 1 aromatic rings. The van der Waals surface area contributed by atoms with Crippen LogP contribution in [0.5, 0.6) is 5.75 Å². The molecule has 0 N–H and O–H groups in total. The number of rotatable bonds is 1. The van der Waals surface area contributed by atoms with E-state index in [2.05, 4.69) is 0 Å². The fraction of sp³-hybridized carbons (Fsp3) is 0.455. The third-order valence-corrected chi connectivity index (χ3v) is 1.81. The van der Waals surface area contributed by atoms with Crippen molar-refractivity contribution in [1.29, 1.82) is 0 Å². The van der Waals surface area contributed by atoms with Crippen LogP contribution in [-0.4, -0.2) is 7.11 Å². The van der Waals surface area contributed by atoms with Gasteiger partial charge >= 0.3 is 6.18 Å². The number of alkyl halides is 3. The number of hydrogen-bond donors (Lipinski definition) is 0. The minimum atomic E-state index is -4.31. The molecule has 0 aliphatic heterocycles. The van der Waals surface area contributed by atoms with Crippen molar-refractivity contribution in [2.24, 2.45) is 0 Å². The van der Waals surface area contributed by atoms with E-state index >= 15 is 0 Å². The van der Waals surface area contributed by atoms with Crippen molar-refractivity contribution in [3.8, 4) is 5.75 Å². The number of benzene rings is 1. The van der Waals surface area contributed by atoms with Crippen LogP contribution in [0.3, 0.4) is 0 Å². The van der Waals surface area contributed by atoms with Crippen molar-refractivity contribution in [3.63, 3.8) is 0 Å². The number of methoxy groups -OCH3 is 1. The SMILES string of the molecule is CC.COc1cccc(C(F)(F)F)c1C. The van der Waals surface area contributed by atoms with Gasteiger partial charge in [-0.25, -0.2) is 0 Å². The largest absolute Gasteiger partial charge is 0.496 e. The topological polar surface area (TPSA) is 9.23 Å². The van der Waals surface area contributed by atoms with Gasteiger partial charge in [-0.05, 0) is 19.1 Å². The summed E-state index contributed by atoms with van der Waals surface area (Å²) in [5.41, 5.74) is -0.524. The molecule has 86 valence electrons. The number of hydrogen-bond acceptors (Lipinski definition) is 1. The van der Waals surface area contributed by atoms with Crippen molar-refractivity contribution in [1.82, 2.24) is 0 Å². The average Bonchev–Trinajstić information content (AvgIpc) is 2.19. The lowest BCUT2D eigenvalue weighted by Crippen LogP contribution is -2.07. The Morgan fingerprint density at radius 2 is 1.67 bits per heavy atom. The van der Waals surface area contributed by atoms with Crippen molar-refractivity contribution in [2.45, 2.75) is 26.9 Å². The molecule has 0 atom stereocenters. The van der Waals surface area contributed by atoms with Gasteiger partial charge in [0.2, 0.25) is 0 Å². The Balaban J connectivity index is 0.000000921. The highest BCUT2D eigenvalue weighted by atomic mass is 19.4. The zero-order valence-electron chi connectivity index (χ0n) is 9.27. The Labute approximate surface area is 87.9 Å². The molecule has 0 heterocycles. The van der Waals surface area contributed by atoms with Crippen LogP contribution in [-0.2, 0) is 6.18 Å². The maximum absolute atomic E-state index is 12.3. The molecule has 0 aliphatic carbocycles. The summed E-state index contributed by atoms with van der Waals surface area (Å²) in [6.07, 6.45) is -4.31. The summed E-state index contributed by atoms with van der Waals surface area (Å²) < 4.78 is 41.7. The minimum Gasteiger partial charge on any atom is -0.496 e. The van der Waals surface area contributed by atoms with Crippen LogP contribution in [0.1, 0.15) is 25.0 Å². The molecule has 0 aliphatic rings. The molecule has 0 radical (unpaired) electrons. The van der Waals surface area contributed by atoms with Crippen molar-refractivity contribution in [2.75, 3.05) is 7.11 Å². The van der Waals surface area contributed by atoms with E-state index in [9.17, 15) is 13.2 Å². The van der Waals surface area contributed by atoms with Gasteiger partial charge in [0.1, 0.15) is 5.75 Å². The van der Waals surface area contributed by atoms with E-state index in [-0.39, 0.29) is 11.3 Å². The Kier molecular flexibility index (Phi) is 5.19. The number of ether oxygens (including phenoxy) is 1. The molecule has 0 saturated carbocycles. The van der Waals surface area contributed by atoms with Gasteiger partial charge < -0.3 is 4.74 Å². The molecule has 0 aromatic heterocycles. The molecular formula is C11H15F3O. The molecule has 1 nitrogen and oxygen atoms in total. The predicted molar refractivity (Wildman–Crippen MR) is 54.1 cm³/mol. The Hall–Kier alpha value is -1.19. The Bertz CT molecular complexity index is 305. The van der Waals surface area contributed by atoms with E-state index in [1.54, 1.807) is 0 Å². The first-order chi connectivity index (χ1) is 6.96. The van der Waals surface area contributed by atoms with Crippen molar-refractivity contribution in [3.05, 3.63) is 29.3 Å². The highest BCUT2D eigenvalue weighted by Crippen LogP contribution is 2.34. The maximum Gasteiger partial charge on any atom is 0.416 e. The third-order valence-electron chi connectivity index (χ3n) is 1.81. The summed E-state index contributed by atoms with van der Waals surface area (Å²) in [5, 5.41) is 0. The van der Waals surface area contributed by atoms with E-state index < -0.39 is 11.7 Å². The van der Waals surface area contributed by atoms with Gasteiger partial charge in [-0.3, -0.25) is 0 Å². The second-order valence-electron chi connectivity index (χ2n) is 2.63. The van der Waals surface area contributed by atoms with Crippen LogP contribution in [0.4, 0.5) is 13.2 Å². The summed E-state index contributed by atoms with van der Waals surface area (Å²) in [6, 6.07) is 3.87. The average molecular weight is 220 g/mol. The zero-order chi connectivity index (χ0) is 12.1. The Morgan fingerprint density at radius 3 is 2.07 bits per heavy atom. The molecule has 1 aromatic carbocycles. The lowest BCUT2D eigenvalue weighted by molar-refractivity contribution is -0.138. The van der Waals surface area contributed by atoms with E-state index in [4.69, 9.17) is 4.74 Å². The van der Waals surface area contributed by atoms with Crippen molar-refractivity contribution < 1.29 is 17.9 Å². The van der Waals surface area contributed by atoms with E-state index in [0.29, 0.717) is 0 Å². The molecular weight excluding hydrogens is 205 g/mol. The molecule has 0 amide bonds. The standard InChI is InChI=1S/C9H9F3O.C2H6/c1-6-7(9(10,11)12)4-3-5-8(6)13-2;1-2/h3-5H,1-2H3;1-2H3. The lowest BCUT2D eigenvalue weighted by atomic mass is 10.1. The predicted octanol–water partition coefficient (Wildman–Crippen LogP) is 4.05. The van der Waals surface area contributed by atoms with Crippen LogP contribution in [0.2, 0.25) is 0 Å². The van der Waals surface area contributed by atoms with Gasteiger partial charge in [-0.15, -0.1) is 0 Å². The quantitative estimate of drug-likeness (QED) is 0.693. The highest BCUT2D eigenvalue weighted by molar-refractivity contribution is 5.40. The van der Waals surface area contributed by atoms with E-state index in [0.717, 1.165) is 6.07 Å². The first-order valence-electron chi connectivity index (χ1n) is 4.67. The normalized spacial score (nSPS) is 10.3. The molecule has 0 fully saturated rings. The molecule has 0 spiro atoms. The third kappa shape index (κ3) is 3.46. The first kappa shape index (κ1) is 13.8. The summed E-state index contributed by atoms with van der Waals surface area (Å²) in [6.45, 7) is 5.39. The van der Waals surface area contributed by atoms with Crippen LogP contribution in [0.25, 0.3) is 0 Å². The second-order valence-corrected chi connectivity index (χ2v) is 2.63. The monoisotopic (exact) mass is 220 g/mol. The van der Waals surface area contributed by atoms with Crippen LogP contribution >= 0.6 is 0 Å². The fourth-order valence-corrected chi connectivity index (χ4v) is 1.14. The van der Waals surface area contributed by atoms with Crippen LogP contribution < -0.4 is 4.74 Å². The molecule has 15 heavy (non-hydrogen) atoms. The first-order valence-corrected chi connectivity index (χ1v) is 4.67. The smallest absolute Gasteiger partial charge is 0.416 e. The van der Waals surface area contributed by atoms with Gasteiger partial charge in [0.05, 0.1) is 12.7 Å². The molecule has 4 heteroatoms. The molecule has 0 bridgehead atoms. The lowest BCUT2D eigenvalue weighted by Gasteiger charge is -2.12. The van der Waals surface area contributed by atoms with Gasteiger partial charge in [0.15, 0.2) is 0 Å². The number of halogens is 3. The van der Waals surface area contributed by atoms with E-state index in [1.165, 1.54) is 26.2 Å². The minimum absolute atomic E-state index is 0.123. The molecule has 0 saturated heterocycles. The summed E-state index contributed by atoms with van der Waals surface area (Å²) in [5.74, 6) is 0.259. The van der Waals surface area contributed by atoms with E-state index in [1.807, 2.05) is 13.8 Å². The molecule has 1 rings (SSSR count). The highest BCUT2D eigenvalue weighted by Gasteiger charge is 2.32. The summed E-state index contributed by atoms with van der Waals surface area (Å²) in [7, 11) is 1.35. The van der Waals surface area contributed by atoms with Crippen LogP contribution in [0.15, 0.2) is 18.2 Å². The molecule has 0 unspecified atom stereocenters. The van der Waals surface area contributed by atoms with Crippen LogP contribution in [0, 0.1) is 6.92 Å². The maximum atomic E-state index is 12.3. The van der Waals surface area contributed by atoms with Gasteiger partial charge in [-0.2, -0.15) is 13.2 Å². The zero-order valence-corrected chi connectivity index (χ0v) is 9.27. The van der Waals surface area contributed by atoms with Gasteiger partial charge in [0.25, 0.3) is 0 Å². The van der Waals surface area contributed by atoms with Crippen molar-refractivity contribution >= 4 is 0 Å². The Morgan fingerprint density at radius 1 is 1.13 bits per heavy atom. The summed E-state index contributed by atoms with van der Waals surface area (Å²) in [4.78, 5) is 0. The summed E-state index contributed by atoms with van der Waals surface area (Å²) >= 11 is 0. The van der Waals surface area contributed by atoms with Gasteiger partial charge in [-0.1, -0.05) is 19.9 Å². The fourth-order valence-electron chi connectivity index (χ4n) is 1.14. The second kappa shape index (κ2) is 5.63.